The van der Waals surface area contributed by atoms with Crippen LogP contribution in [0.1, 0.15) is 15.1 Å². The highest BCUT2D eigenvalue weighted by atomic mass is 32.1. The molecule has 9 rings (SSSR count). The van der Waals surface area contributed by atoms with Gasteiger partial charge in [0.15, 0.2) is 0 Å². The molecule has 0 spiro atoms. The fraction of sp³-hybridized carbons (Fsp3) is 0. The molecule has 0 atom stereocenters. The monoisotopic (exact) mass is 578 g/mol. The van der Waals surface area contributed by atoms with E-state index in [2.05, 4.69) is 0 Å². The lowest BCUT2D eigenvalue weighted by Gasteiger charge is -2.26. The molecule has 0 bridgehead atoms. The smallest absolute Gasteiger partial charge is 0.143 e. The van der Waals surface area contributed by atoms with E-state index in [-0.39, 0.29) is 55.1 Å². The zero-order valence-corrected chi connectivity index (χ0v) is 23.2. The van der Waals surface area contributed by atoms with Crippen LogP contribution in [0, 0.1) is 0 Å². The molecule has 7 aromatic carbocycles. The summed E-state index contributed by atoms with van der Waals surface area (Å²) in [7, 11) is 0. The first kappa shape index (κ1) is 15.7. The maximum absolute atomic E-state index is 9.43. The third-order valence-corrected chi connectivity index (χ3v) is 8.61. The SMILES string of the molecule is [2H]c1c([2H])c(N(c2ccccc2)c2cccc3oc4c5ccccc5ccc4c23)c([2H])c([2H])c1-c1c([2H])c([2H])c2c(sc3c([2H])c([2H])c([2H])c([2H])c32)c1[2H]. The van der Waals surface area contributed by atoms with Gasteiger partial charge >= 0.3 is 0 Å². The Labute approximate surface area is 268 Å². The molecule has 0 fully saturated rings. The van der Waals surface area contributed by atoms with Crippen LogP contribution in [0.25, 0.3) is 64.0 Å². The lowest BCUT2D eigenvalue weighted by atomic mass is 10.0. The maximum atomic E-state index is 9.43. The highest BCUT2D eigenvalue weighted by Crippen LogP contribution is 2.44. The van der Waals surface area contributed by atoms with E-state index < -0.39 is 48.3 Å². The summed E-state index contributed by atoms with van der Waals surface area (Å²) in [6.45, 7) is 0. The van der Waals surface area contributed by atoms with Gasteiger partial charge in [-0.3, -0.25) is 0 Å². The standard InChI is InChI=1S/C40H25NOS/c1-2-10-29(11-3-1)41(35-14-8-15-36-39(35)34-24-19-27-9-4-5-12-31(27)40(34)42-36)30-21-17-26(18-22-30)28-20-23-33-32-13-6-7-16-37(32)43-38(33)25-28/h1-25H/i6D,7D,13D,16D,17D,18D,20D,21D,22D,23D,25D. The zero-order valence-electron chi connectivity index (χ0n) is 33.3. The van der Waals surface area contributed by atoms with Crippen LogP contribution in [0.15, 0.2) is 156 Å². The van der Waals surface area contributed by atoms with Gasteiger partial charge in [0, 0.05) is 42.3 Å². The van der Waals surface area contributed by atoms with Crippen molar-refractivity contribution in [3.8, 4) is 11.1 Å². The maximum Gasteiger partial charge on any atom is 0.143 e. The number of fused-ring (bicyclic) bond motifs is 8. The number of thiophene rings is 1. The largest absolute Gasteiger partial charge is 0.455 e. The minimum Gasteiger partial charge on any atom is -0.455 e. The Hall–Kier alpha value is -5.38. The molecular formula is C40H25NOS. The van der Waals surface area contributed by atoms with E-state index in [0.717, 1.165) is 27.5 Å². The van der Waals surface area contributed by atoms with Gasteiger partial charge in [-0.05, 0) is 71.0 Å². The Morgan fingerprint density at radius 3 is 2.26 bits per heavy atom. The van der Waals surface area contributed by atoms with E-state index in [1.54, 1.807) is 35.2 Å². The summed E-state index contributed by atoms with van der Waals surface area (Å²) in [4.78, 5) is 1.66. The van der Waals surface area contributed by atoms with Crippen LogP contribution < -0.4 is 4.90 Å². The van der Waals surface area contributed by atoms with Crippen molar-refractivity contribution in [2.45, 2.75) is 0 Å². The van der Waals surface area contributed by atoms with Crippen molar-refractivity contribution in [2.75, 3.05) is 4.90 Å². The minimum atomic E-state index is -0.546. The summed E-state index contributed by atoms with van der Waals surface area (Å²) >= 11 is 0.875. The van der Waals surface area contributed by atoms with Gasteiger partial charge in [0.05, 0.1) is 26.2 Å². The average Bonchev–Trinajstić information content (AvgIpc) is 3.78. The molecule has 3 heteroatoms. The number of furan rings is 1. The molecule has 0 saturated carbocycles. The van der Waals surface area contributed by atoms with Crippen LogP contribution in [0.4, 0.5) is 17.1 Å². The van der Waals surface area contributed by atoms with Crippen molar-refractivity contribution in [3.05, 3.63) is 151 Å². The second-order valence-electron chi connectivity index (χ2n) is 10.1. The molecule has 0 aliphatic heterocycles. The number of rotatable bonds is 4. The first-order valence-electron chi connectivity index (χ1n) is 19.1. The quantitative estimate of drug-likeness (QED) is 0.206. The number of nitrogens with zero attached hydrogens (tertiary/aromatic N) is 1. The van der Waals surface area contributed by atoms with Crippen molar-refractivity contribution in [2.24, 2.45) is 0 Å². The van der Waals surface area contributed by atoms with Crippen molar-refractivity contribution in [1.82, 2.24) is 0 Å². The van der Waals surface area contributed by atoms with E-state index in [1.807, 2.05) is 54.6 Å². The molecule has 0 aliphatic rings. The molecule has 2 nitrogen and oxygen atoms in total. The molecular weight excluding hydrogens is 543 g/mol. The molecule has 0 radical (unpaired) electrons. The predicted molar refractivity (Wildman–Crippen MR) is 184 cm³/mol. The number of anilines is 3. The number of hydrogen-bond donors (Lipinski definition) is 0. The molecule has 43 heavy (non-hydrogen) atoms. The summed E-state index contributed by atoms with van der Waals surface area (Å²) < 4.78 is 105. The van der Waals surface area contributed by atoms with E-state index in [1.165, 1.54) is 0 Å². The zero-order chi connectivity index (χ0) is 37.9. The first-order chi connectivity index (χ1) is 25.9. The van der Waals surface area contributed by atoms with Gasteiger partial charge in [-0.1, -0.05) is 96.9 Å². The second kappa shape index (κ2) is 9.59. The molecule has 2 heterocycles. The van der Waals surface area contributed by atoms with Crippen LogP contribution in [0.2, 0.25) is 0 Å². The van der Waals surface area contributed by atoms with Gasteiger partial charge < -0.3 is 9.32 Å². The number of benzene rings is 7. The third kappa shape index (κ3) is 3.86. The topological polar surface area (TPSA) is 16.4 Å². The first-order valence-corrected chi connectivity index (χ1v) is 14.4. The molecule has 2 aromatic heterocycles. The number of hydrogen-bond acceptors (Lipinski definition) is 3. The van der Waals surface area contributed by atoms with Crippen LogP contribution in [0.5, 0.6) is 0 Å². The Morgan fingerprint density at radius 1 is 0.558 bits per heavy atom. The summed E-state index contributed by atoms with van der Waals surface area (Å²) in [5, 5.41) is 3.45. The van der Waals surface area contributed by atoms with Gasteiger partial charge in [-0.25, -0.2) is 0 Å². The molecule has 9 aromatic rings. The van der Waals surface area contributed by atoms with Gasteiger partial charge in [0.1, 0.15) is 11.2 Å². The molecule has 0 aliphatic carbocycles. The molecule has 0 unspecified atom stereocenters. The summed E-state index contributed by atoms with van der Waals surface area (Å²) in [5.74, 6) is 0. The normalized spacial score (nSPS) is 15.3. The fourth-order valence-electron chi connectivity index (χ4n) is 5.65. The molecule has 0 N–H and O–H groups in total. The van der Waals surface area contributed by atoms with Crippen molar-refractivity contribution in [3.63, 3.8) is 0 Å². The lowest BCUT2D eigenvalue weighted by molar-refractivity contribution is 0.672. The van der Waals surface area contributed by atoms with E-state index in [4.69, 9.17) is 12.6 Å². The van der Waals surface area contributed by atoms with Crippen LogP contribution in [0.3, 0.4) is 0 Å². The van der Waals surface area contributed by atoms with E-state index >= 15 is 0 Å². The molecule has 0 amide bonds. The third-order valence-electron chi connectivity index (χ3n) is 7.59. The van der Waals surface area contributed by atoms with Gasteiger partial charge in [-0.15, -0.1) is 11.3 Å². The second-order valence-corrected chi connectivity index (χ2v) is 11.1. The van der Waals surface area contributed by atoms with Gasteiger partial charge in [-0.2, -0.15) is 0 Å². The highest BCUT2D eigenvalue weighted by molar-refractivity contribution is 7.25. The van der Waals surface area contributed by atoms with Crippen molar-refractivity contribution < 1.29 is 19.5 Å². The van der Waals surface area contributed by atoms with Crippen molar-refractivity contribution in [1.29, 1.82) is 0 Å². The van der Waals surface area contributed by atoms with Gasteiger partial charge in [0.2, 0.25) is 0 Å². The Bertz CT molecular complexity index is 3060. The Kier molecular flexibility index (Phi) is 3.51. The van der Waals surface area contributed by atoms with E-state index in [9.17, 15) is 6.85 Å². The van der Waals surface area contributed by atoms with Crippen LogP contribution in [-0.4, -0.2) is 0 Å². The summed E-state index contributed by atoms with van der Waals surface area (Å²) in [5.41, 5.74) is 1.63. The Morgan fingerprint density at radius 2 is 1.35 bits per heavy atom. The van der Waals surface area contributed by atoms with Crippen LogP contribution in [-0.2, 0) is 0 Å². The summed E-state index contributed by atoms with van der Waals surface area (Å²) in [6, 6.07) is 21.4. The summed E-state index contributed by atoms with van der Waals surface area (Å²) in [6.07, 6.45) is 0. The molecule has 202 valence electrons. The van der Waals surface area contributed by atoms with Gasteiger partial charge in [0.25, 0.3) is 0 Å². The average molecular weight is 579 g/mol. The number of para-hydroxylation sites is 1. The minimum absolute atomic E-state index is 0.0103. The Balaban J connectivity index is 1.33. The van der Waals surface area contributed by atoms with Crippen molar-refractivity contribution >= 4 is 81.3 Å². The molecule has 0 saturated heterocycles. The lowest BCUT2D eigenvalue weighted by Crippen LogP contribution is -2.10. The van der Waals surface area contributed by atoms with Crippen LogP contribution >= 0.6 is 11.3 Å². The highest BCUT2D eigenvalue weighted by Gasteiger charge is 2.20. The van der Waals surface area contributed by atoms with E-state index in [0.29, 0.717) is 27.9 Å². The predicted octanol–water partition coefficient (Wildman–Crippen LogP) is 12.2. The fourth-order valence-corrected chi connectivity index (χ4v) is 6.62.